The van der Waals surface area contributed by atoms with Crippen LogP contribution in [0, 0.1) is 0 Å². The van der Waals surface area contributed by atoms with Crippen molar-refractivity contribution in [3.63, 3.8) is 0 Å². The number of amides is 2. The van der Waals surface area contributed by atoms with Crippen molar-refractivity contribution in [1.82, 2.24) is 4.98 Å². The number of carbonyl (C=O) groups excluding carboxylic acids is 2. The zero-order chi connectivity index (χ0) is 20.8. The lowest BCUT2D eigenvalue weighted by Gasteiger charge is -2.21. The number of ether oxygens (including phenoxy) is 2. The van der Waals surface area contributed by atoms with Gasteiger partial charge in [-0.15, -0.1) is 0 Å². The Morgan fingerprint density at radius 2 is 1.86 bits per heavy atom. The van der Waals surface area contributed by atoms with Crippen LogP contribution in [-0.4, -0.2) is 30.2 Å². The molecule has 0 radical (unpaired) electrons. The molecule has 1 aromatic carbocycles. The van der Waals surface area contributed by atoms with Crippen LogP contribution in [0.25, 0.3) is 0 Å². The van der Waals surface area contributed by atoms with Crippen LogP contribution < -0.4 is 20.1 Å². The second kappa shape index (κ2) is 9.72. The second-order valence-electron chi connectivity index (χ2n) is 5.28. The lowest BCUT2D eigenvalue weighted by Crippen LogP contribution is -2.28. The number of halogens is 2. The van der Waals surface area contributed by atoms with Gasteiger partial charge >= 0.3 is 12.0 Å². The first kappa shape index (κ1) is 21.9. The molecule has 0 aliphatic rings. The largest absolute Gasteiger partial charge is 0.493 e. The molecule has 28 heavy (non-hydrogen) atoms. The Kier molecular flexibility index (Phi) is 7.61. The SMILES string of the molecule is CCOC(=O)c1cc(N(S)C(=O)Nc2c(Cl)cncc2Cl)c(N)cc1OCC. The van der Waals surface area contributed by atoms with Gasteiger partial charge in [-0.2, -0.15) is 0 Å². The van der Waals surface area contributed by atoms with Gasteiger partial charge in [0.1, 0.15) is 11.3 Å². The Labute approximate surface area is 177 Å². The van der Waals surface area contributed by atoms with E-state index >= 15 is 0 Å². The number of esters is 1. The third kappa shape index (κ3) is 4.92. The fraction of sp³-hybridized carbons (Fsp3) is 0.235. The summed E-state index contributed by atoms with van der Waals surface area (Å²) in [6, 6.07) is 2.08. The van der Waals surface area contributed by atoms with Crippen molar-refractivity contribution >= 4 is 65.1 Å². The second-order valence-corrected chi connectivity index (χ2v) is 6.50. The summed E-state index contributed by atoms with van der Waals surface area (Å²) in [6.45, 7) is 3.93. The maximum absolute atomic E-state index is 12.6. The molecule has 0 spiro atoms. The summed E-state index contributed by atoms with van der Waals surface area (Å²) in [4.78, 5) is 28.6. The van der Waals surface area contributed by atoms with Gasteiger partial charge in [-0.1, -0.05) is 36.0 Å². The third-order valence-electron chi connectivity index (χ3n) is 3.43. The fourth-order valence-corrected chi connectivity index (χ4v) is 2.89. The van der Waals surface area contributed by atoms with Crippen LogP contribution in [-0.2, 0) is 4.74 Å². The normalized spacial score (nSPS) is 10.3. The molecule has 2 amide bonds. The number of aromatic nitrogens is 1. The first-order valence-electron chi connectivity index (χ1n) is 8.12. The van der Waals surface area contributed by atoms with Crippen molar-refractivity contribution < 1.29 is 19.1 Å². The molecule has 3 N–H and O–H groups in total. The van der Waals surface area contributed by atoms with Gasteiger partial charge in [0, 0.05) is 18.5 Å². The number of thiol groups is 1. The monoisotopic (exact) mass is 444 g/mol. The summed E-state index contributed by atoms with van der Waals surface area (Å²) in [5.41, 5.74) is 6.60. The van der Waals surface area contributed by atoms with Crippen molar-refractivity contribution in [2.75, 3.05) is 28.6 Å². The van der Waals surface area contributed by atoms with Crippen LogP contribution in [0.15, 0.2) is 24.5 Å². The number of anilines is 3. The van der Waals surface area contributed by atoms with Crippen molar-refractivity contribution in [3.8, 4) is 5.75 Å². The fourth-order valence-electron chi connectivity index (χ4n) is 2.21. The van der Waals surface area contributed by atoms with E-state index in [2.05, 4.69) is 23.1 Å². The zero-order valence-electron chi connectivity index (χ0n) is 15.0. The van der Waals surface area contributed by atoms with Gasteiger partial charge < -0.3 is 20.5 Å². The molecule has 8 nitrogen and oxygen atoms in total. The number of pyridine rings is 1. The van der Waals surface area contributed by atoms with E-state index in [9.17, 15) is 9.59 Å². The Hall–Kier alpha value is -2.36. The van der Waals surface area contributed by atoms with Gasteiger partial charge in [-0.3, -0.25) is 4.98 Å². The molecule has 1 heterocycles. The molecule has 150 valence electrons. The Balaban J connectivity index is 2.38. The number of hydrogen-bond acceptors (Lipinski definition) is 7. The van der Waals surface area contributed by atoms with Crippen LogP contribution >= 0.6 is 36.0 Å². The molecule has 0 fully saturated rings. The molecule has 0 atom stereocenters. The molecule has 1 aromatic heterocycles. The number of carbonyl (C=O) groups is 2. The summed E-state index contributed by atoms with van der Waals surface area (Å²) in [5, 5.41) is 2.82. The topological polar surface area (TPSA) is 107 Å². The highest BCUT2D eigenvalue weighted by Gasteiger charge is 2.23. The maximum atomic E-state index is 12.6. The number of urea groups is 1. The minimum Gasteiger partial charge on any atom is -0.493 e. The molecule has 11 heteroatoms. The highest BCUT2D eigenvalue weighted by molar-refractivity contribution is 7.82. The van der Waals surface area contributed by atoms with Gasteiger partial charge in [-0.25, -0.2) is 13.9 Å². The average molecular weight is 445 g/mol. The molecular formula is C17H18Cl2N4O4S. The third-order valence-corrected chi connectivity index (χ3v) is 4.40. The van der Waals surface area contributed by atoms with Gasteiger partial charge in [0.15, 0.2) is 0 Å². The number of hydrogen-bond donors (Lipinski definition) is 3. The Morgan fingerprint density at radius 3 is 2.43 bits per heavy atom. The number of benzene rings is 1. The molecule has 2 aromatic rings. The molecule has 0 bridgehead atoms. The molecular weight excluding hydrogens is 427 g/mol. The van der Waals surface area contributed by atoms with Gasteiger partial charge in [-0.05, 0) is 19.9 Å². The summed E-state index contributed by atoms with van der Waals surface area (Å²) in [7, 11) is 0. The molecule has 0 saturated carbocycles. The smallest absolute Gasteiger partial charge is 0.341 e. The molecule has 0 saturated heterocycles. The first-order chi connectivity index (χ1) is 13.3. The van der Waals surface area contributed by atoms with Crippen LogP contribution in [0.4, 0.5) is 21.9 Å². The summed E-state index contributed by atoms with van der Waals surface area (Å²) >= 11 is 16.2. The number of rotatable bonds is 6. The number of nitrogens with one attached hydrogen (secondary N) is 1. The van der Waals surface area contributed by atoms with Crippen molar-refractivity contribution in [2.24, 2.45) is 0 Å². The minimum absolute atomic E-state index is 0.111. The first-order valence-corrected chi connectivity index (χ1v) is 9.28. The van der Waals surface area contributed by atoms with Crippen molar-refractivity contribution in [2.45, 2.75) is 13.8 Å². The van der Waals surface area contributed by atoms with Gasteiger partial charge in [0.2, 0.25) is 0 Å². The van der Waals surface area contributed by atoms with E-state index in [1.54, 1.807) is 13.8 Å². The Bertz CT molecular complexity index is 877. The molecule has 0 unspecified atom stereocenters. The number of nitrogens with zero attached hydrogens (tertiary/aromatic N) is 2. The van der Waals surface area contributed by atoms with E-state index in [1.807, 2.05) is 0 Å². The average Bonchev–Trinajstić information content (AvgIpc) is 2.64. The quantitative estimate of drug-likeness (QED) is 0.345. The number of nitrogen functional groups attached to an aromatic ring is 1. The predicted octanol–water partition coefficient (Wildman–Crippen LogP) is 4.43. The van der Waals surface area contributed by atoms with Gasteiger partial charge in [0.05, 0.1) is 40.3 Å². The summed E-state index contributed by atoms with van der Waals surface area (Å²) in [5.74, 6) is -0.376. The maximum Gasteiger partial charge on any atom is 0.341 e. The van der Waals surface area contributed by atoms with Crippen LogP contribution in [0.3, 0.4) is 0 Å². The highest BCUT2D eigenvalue weighted by Crippen LogP contribution is 2.35. The predicted molar refractivity (Wildman–Crippen MR) is 113 cm³/mol. The highest BCUT2D eigenvalue weighted by atomic mass is 35.5. The van der Waals surface area contributed by atoms with E-state index in [4.69, 9.17) is 38.4 Å². The van der Waals surface area contributed by atoms with E-state index in [0.29, 0.717) is 6.61 Å². The van der Waals surface area contributed by atoms with Crippen LogP contribution in [0.2, 0.25) is 10.0 Å². The van der Waals surface area contributed by atoms with E-state index in [1.165, 1.54) is 24.5 Å². The standard InChI is InChI=1S/C17H18Cl2N4O4S/c1-3-26-14-6-12(20)13(5-9(14)16(24)27-4-2)23(28)17(25)22-15-10(18)7-21-8-11(15)19/h5-8,28H,3-4,20H2,1-2H3,(H,21,22,25). The summed E-state index contributed by atoms with van der Waals surface area (Å²) in [6.07, 6.45) is 2.66. The van der Waals surface area contributed by atoms with Crippen molar-refractivity contribution in [1.29, 1.82) is 0 Å². The Morgan fingerprint density at radius 1 is 1.21 bits per heavy atom. The molecule has 0 aliphatic carbocycles. The summed E-state index contributed by atoms with van der Waals surface area (Å²) < 4.78 is 11.4. The van der Waals surface area contributed by atoms with E-state index < -0.39 is 12.0 Å². The van der Waals surface area contributed by atoms with E-state index in [-0.39, 0.29) is 45.0 Å². The molecule has 2 rings (SSSR count). The lowest BCUT2D eigenvalue weighted by molar-refractivity contribution is 0.0522. The van der Waals surface area contributed by atoms with Crippen molar-refractivity contribution in [3.05, 3.63) is 40.1 Å². The zero-order valence-corrected chi connectivity index (χ0v) is 17.4. The van der Waals surface area contributed by atoms with Crippen LogP contribution in [0.5, 0.6) is 5.75 Å². The van der Waals surface area contributed by atoms with Gasteiger partial charge in [0.25, 0.3) is 0 Å². The van der Waals surface area contributed by atoms with Crippen LogP contribution in [0.1, 0.15) is 24.2 Å². The minimum atomic E-state index is -0.705. The lowest BCUT2D eigenvalue weighted by atomic mass is 10.1. The number of nitrogens with two attached hydrogens (primary N) is 1. The van der Waals surface area contributed by atoms with E-state index in [0.717, 1.165) is 4.31 Å². The molecule has 0 aliphatic heterocycles.